The summed E-state index contributed by atoms with van der Waals surface area (Å²) in [6.45, 7) is 2.51. The Labute approximate surface area is 157 Å². The van der Waals surface area contributed by atoms with Crippen molar-refractivity contribution in [1.29, 1.82) is 5.26 Å². The molecule has 134 valence electrons. The maximum absolute atomic E-state index is 12.3. The average molecular weight is 358 g/mol. The fourth-order valence-corrected chi connectivity index (χ4v) is 2.39. The van der Waals surface area contributed by atoms with Crippen LogP contribution in [0.1, 0.15) is 23.0 Å². The number of aromatic nitrogens is 1. The van der Waals surface area contributed by atoms with Crippen molar-refractivity contribution in [1.82, 2.24) is 4.98 Å². The van der Waals surface area contributed by atoms with Crippen LogP contribution in [0.4, 0.5) is 17.1 Å². The second-order valence-electron chi connectivity index (χ2n) is 5.66. The monoisotopic (exact) mass is 358 g/mol. The van der Waals surface area contributed by atoms with E-state index in [2.05, 4.69) is 21.7 Å². The number of ether oxygens (including phenoxy) is 1. The van der Waals surface area contributed by atoms with E-state index in [1.165, 1.54) is 0 Å². The summed E-state index contributed by atoms with van der Waals surface area (Å²) < 4.78 is 5.38. The number of nitriles is 1. The summed E-state index contributed by atoms with van der Waals surface area (Å²) in [5, 5.41) is 14.8. The zero-order valence-corrected chi connectivity index (χ0v) is 14.8. The van der Waals surface area contributed by atoms with Crippen LogP contribution in [-0.4, -0.2) is 17.5 Å². The molecule has 0 radical (unpaired) electrons. The minimum Gasteiger partial charge on any atom is -0.494 e. The van der Waals surface area contributed by atoms with E-state index in [0.29, 0.717) is 23.6 Å². The van der Waals surface area contributed by atoms with Crippen LogP contribution in [0.3, 0.4) is 0 Å². The molecule has 1 amide bonds. The topological polar surface area (TPSA) is 87.0 Å². The van der Waals surface area contributed by atoms with Gasteiger partial charge >= 0.3 is 0 Å². The van der Waals surface area contributed by atoms with E-state index >= 15 is 0 Å². The van der Waals surface area contributed by atoms with Crippen LogP contribution in [-0.2, 0) is 0 Å². The Bertz CT molecular complexity index is 943. The van der Waals surface area contributed by atoms with Crippen LogP contribution < -0.4 is 15.4 Å². The first kappa shape index (κ1) is 18.0. The molecule has 6 nitrogen and oxygen atoms in total. The second kappa shape index (κ2) is 8.50. The lowest BCUT2D eigenvalue weighted by molar-refractivity contribution is 0.102. The molecule has 0 aliphatic carbocycles. The number of nitrogens with zero attached hydrogens (tertiary/aromatic N) is 2. The Morgan fingerprint density at radius 3 is 2.26 bits per heavy atom. The first-order chi connectivity index (χ1) is 13.2. The third-order valence-electron chi connectivity index (χ3n) is 3.72. The van der Waals surface area contributed by atoms with Crippen molar-refractivity contribution in [2.24, 2.45) is 0 Å². The number of rotatable bonds is 6. The SMILES string of the molecule is CCOc1ccc(NC(=O)c2ccc(Nc3ccc(C#N)cc3)cn2)cc1. The molecule has 0 fully saturated rings. The molecule has 0 aliphatic rings. The van der Waals surface area contributed by atoms with E-state index in [0.717, 1.165) is 17.1 Å². The number of pyridine rings is 1. The molecule has 2 aromatic carbocycles. The third-order valence-corrected chi connectivity index (χ3v) is 3.72. The van der Waals surface area contributed by atoms with Crippen LogP contribution in [0.2, 0.25) is 0 Å². The summed E-state index contributed by atoms with van der Waals surface area (Å²) in [5.41, 5.74) is 3.17. The van der Waals surface area contributed by atoms with Crippen molar-refractivity contribution in [3.8, 4) is 11.8 Å². The van der Waals surface area contributed by atoms with Crippen LogP contribution in [0.5, 0.6) is 5.75 Å². The minimum absolute atomic E-state index is 0.288. The lowest BCUT2D eigenvalue weighted by atomic mass is 10.2. The number of benzene rings is 2. The molecule has 0 saturated carbocycles. The molecule has 0 bridgehead atoms. The third kappa shape index (κ3) is 4.83. The maximum atomic E-state index is 12.3. The Kier molecular flexibility index (Phi) is 5.65. The van der Waals surface area contributed by atoms with Crippen molar-refractivity contribution in [3.63, 3.8) is 0 Å². The number of carbonyl (C=O) groups is 1. The molecule has 0 unspecified atom stereocenters. The zero-order valence-electron chi connectivity index (χ0n) is 14.8. The van der Waals surface area contributed by atoms with Gasteiger partial charge in [0.05, 0.1) is 30.1 Å². The van der Waals surface area contributed by atoms with Gasteiger partial charge in [0.1, 0.15) is 11.4 Å². The van der Waals surface area contributed by atoms with Crippen LogP contribution in [0.25, 0.3) is 0 Å². The fourth-order valence-electron chi connectivity index (χ4n) is 2.39. The van der Waals surface area contributed by atoms with Crippen molar-refractivity contribution in [2.75, 3.05) is 17.2 Å². The molecule has 0 atom stereocenters. The van der Waals surface area contributed by atoms with E-state index in [9.17, 15) is 4.79 Å². The summed E-state index contributed by atoms with van der Waals surface area (Å²) >= 11 is 0. The molecule has 0 spiro atoms. The Morgan fingerprint density at radius 2 is 1.67 bits per heavy atom. The minimum atomic E-state index is -0.288. The lowest BCUT2D eigenvalue weighted by Crippen LogP contribution is -2.13. The molecule has 0 saturated heterocycles. The van der Waals surface area contributed by atoms with Gasteiger partial charge in [-0.15, -0.1) is 0 Å². The Balaban J connectivity index is 1.61. The van der Waals surface area contributed by atoms with Crippen LogP contribution in [0.15, 0.2) is 66.9 Å². The van der Waals surface area contributed by atoms with Crippen molar-refractivity contribution >= 4 is 23.0 Å². The predicted octanol–water partition coefficient (Wildman–Crippen LogP) is 4.35. The van der Waals surface area contributed by atoms with E-state index in [1.807, 2.05) is 19.1 Å². The van der Waals surface area contributed by atoms with E-state index in [4.69, 9.17) is 10.00 Å². The lowest BCUT2D eigenvalue weighted by Gasteiger charge is -2.08. The highest BCUT2D eigenvalue weighted by Crippen LogP contribution is 2.18. The average Bonchev–Trinajstić information content (AvgIpc) is 2.71. The highest BCUT2D eigenvalue weighted by atomic mass is 16.5. The molecule has 1 heterocycles. The van der Waals surface area contributed by atoms with Gasteiger partial charge < -0.3 is 15.4 Å². The molecular weight excluding hydrogens is 340 g/mol. The molecule has 3 aromatic rings. The Morgan fingerprint density at radius 1 is 1.00 bits per heavy atom. The van der Waals surface area contributed by atoms with Gasteiger partial charge in [0.15, 0.2) is 0 Å². The summed E-state index contributed by atoms with van der Waals surface area (Å²) in [4.78, 5) is 16.5. The van der Waals surface area contributed by atoms with E-state index in [1.54, 1.807) is 54.7 Å². The number of amides is 1. The van der Waals surface area contributed by atoms with Gasteiger partial charge in [-0.3, -0.25) is 4.79 Å². The highest BCUT2D eigenvalue weighted by Gasteiger charge is 2.08. The van der Waals surface area contributed by atoms with Gasteiger partial charge in [-0.1, -0.05) is 0 Å². The second-order valence-corrected chi connectivity index (χ2v) is 5.66. The molecule has 0 aliphatic heterocycles. The van der Waals surface area contributed by atoms with Gasteiger partial charge in [-0.2, -0.15) is 5.26 Å². The molecular formula is C21H18N4O2. The summed E-state index contributed by atoms with van der Waals surface area (Å²) in [5.74, 6) is 0.468. The molecule has 27 heavy (non-hydrogen) atoms. The summed E-state index contributed by atoms with van der Waals surface area (Å²) in [6.07, 6.45) is 1.59. The molecule has 2 N–H and O–H groups in total. The molecule has 6 heteroatoms. The van der Waals surface area contributed by atoms with E-state index in [-0.39, 0.29) is 5.91 Å². The van der Waals surface area contributed by atoms with E-state index < -0.39 is 0 Å². The standard InChI is InChI=1S/C21H18N4O2/c1-2-27-19-10-7-17(8-11-19)25-21(26)20-12-9-18(14-23-20)24-16-5-3-15(13-22)4-6-16/h3-12,14,24H,2H2,1H3,(H,25,26). The molecule has 1 aromatic heterocycles. The van der Waals surface area contributed by atoms with Gasteiger partial charge in [-0.25, -0.2) is 4.98 Å². The number of hydrogen-bond donors (Lipinski definition) is 2. The van der Waals surface area contributed by atoms with Crippen LogP contribution >= 0.6 is 0 Å². The summed E-state index contributed by atoms with van der Waals surface area (Å²) in [6, 6.07) is 19.8. The first-order valence-electron chi connectivity index (χ1n) is 8.45. The first-order valence-corrected chi connectivity index (χ1v) is 8.45. The number of hydrogen-bond acceptors (Lipinski definition) is 5. The normalized spacial score (nSPS) is 9.93. The van der Waals surface area contributed by atoms with Crippen molar-refractivity contribution in [2.45, 2.75) is 6.92 Å². The quantitative estimate of drug-likeness (QED) is 0.684. The number of carbonyl (C=O) groups excluding carboxylic acids is 1. The fraction of sp³-hybridized carbons (Fsp3) is 0.0952. The zero-order chi connectivity index (χ0) is 19.1. The largest absolute Gasteiger partial charge is 0.494 e. The predicted molar refractivity (Wildman–Crippen MR) is 104 cm³/mol. The maximum Gasteiger partial charge on any atom is 0.274 e. The summed E-state index contributed by atoms with van der Waals surface area (Å²) in [7, 11) is 0. The van der Waals surface area contributed by atoms with Crippen molar-refractivity contribution in [3.05, 3.63) is 78.1 Å². The number of anilines is 3. The van der Waals surface area contributed by atoms with Gasteiger partial charge in [0.2, 0.25) is 0 Å². The Hall–Kier alpha value is -3.85. The number of nitrogens with one attached hydrogen (secondary N) is 2. The van der Waals surface area contributed by atoms with Gasteiger partial charge in [0, 0.05) is 11.4 Å². The van der Waals surface area contributed by atoms with Gasteiger partial charge in [-0.05, 0) is 67.6 Å². The van der Waals surface area contributed by atoms with Crippen molar-refractivity contribution < 1.29 is 9.53 Å². The smallest absolute Gasteiger partial charge is 0.274 e. The molecule has 3 rings (SSSR count). The highest BCUT2D eigenvalue weighted by molar-refractivity contribution is 6.03. The van der Waals surface area contributed by atoms with Crippen LogP contribution in [0, 0.1) is 11.3 Å². The van der Waals surface area contributed by atoms with Gasteiger partial charge in [0.25, 0.3) is 5.91 Å².